The van der Waals surface area contributed by atoms with Crippen LogP contribution in [0.15, 0.2) is 36.4 Å². The van der Waals surface area contributed by atoms with Gasteiger partial charge in [0.25, 0.3) is 5.09 Å². The molecule has 0 saturated heterocycles. The smallest absolute Gasteiger partial charge is 0.347 e. The number of ether oxygens (including phenoxy) is 1. The number of phenols is 1. The lowest BCUT2D eigenvalue weighted by molar-refractivity contribution is -0.763. The van der Waals surface area contributed by atoms with Crippen molar-refractivity contribution in [3.05, 3.63) is 63.5 Å². The van der Waals surface area contributed by atoms with Crippen molar-refractivity contribution in [2.24, 2.45) is 0 Å². The van der Waals surface area contributed by atoms with Crippen LogP contribution >= 0.6 is 12.4 Å². The van der Waals surface area contributed by atoms with Crippen LogP contribution in [-0.2, 0) is 11.4 Å². The number of hydrogen-bond acceptors (Lipinski definition) is 7. The van der Waals surface area contributed by atoms with Crippen LogP contribution in [0.2, 0.25) is 0 Å². The van der Waals surface area contributed by atoms with E-state index in [1.165, 1.54) is 24.3 Å². The summed E-state index contributed by atoms with van der Waals surface area (Å²) in [6.07, 6.45) is 0. The lowest BCUT2D eigenvalue weighted by Crippen LogP contribution is -2.10. The number of phenolic OH excluding ortho intramolecular Hbond substituents is 1. The number of aromatic nitrogens is 1. The highest BCUT2D eigenvalue weighted by Gasteiger charge is 2.14. The van der Waals surface area contributed by atoms with Gasteiger partial charge in [-0.05, 0) is 31.2 Å². The molecule has 8 nitrogen and oxygen atoms in total. The Morgan fingerprint density at radius 1 is 1.30 bits per heavy atom. The number of benzene rings is 1. The van der Waals surface area contributed by atoms with E-state index in [0.717, 1.165) is 0 Å². The van der Waals surface area contributed by atoms with Crippen LogP contribution < -0.4 is 4.74 Å². The van der Waals surface area contributed by atoms with Gasteiger partial charge in [0.1, 0.15) is 17.9 Å². The molecule has 0 spiro atoms. The maximum atomic E-state index is 12.0. The van der Waals surface area contributed by atoms with Crippen LogP contribution in [-0.4, -0.2) is 21.1 Å². The summed E-state index contributed by atoms with van der Waals surface area (Å²) in [6, 6.07) is 8.89. The molecule has 0 radical (unpaired) electrons. The fraction of sp³-hybridized carbons (Fsp3) is 0.143. The van der Waals surface area contributed by atoms with Crippen LogP contribution in [0, 0.1) is 17.0 Å². The number of aromatic hydroxyl groups is 1. The lowest BCUT2D eigenvalue weighted by atomic mass is 10.2. The summed E-state index contributed by atoms with van der Waals surface area (Å²) >= 11 is 0. The number of pyridine rings is 1. The molecular weight excluding hydrogens is 328 g/mol. The Labute approximate surface area is 137 Å². The molecule has 0 fully saturated rings. The number of halogens is 1. The summed E-state index contributed by atoms with van der Waals surface area (Å²) < 4.78 is 5.16. The number of aryl methyl sites for hydroxylation is 1. The Morgan fingerprint density at radius 2 is 2.00 bits per heavy atom. The Bertz CT molecular complexity index is 722. The van der Waals surface area contributed by atoms with Gasteiger partial charge in [-0.2, -0.15) is 0 Å². The molecule has 0 aliphatic heterocycles. The van der Waals surface area contributed by atoms with E-state index in [4.69, 9.17) is 4.74 Å². The molecule has 1 aromatic heterocycles. The van der Waals surface area contributed by atoms with Gasteiger partial charge in [0.15, 0.2) is 5.75 Å². The van der Waals surface area contributed by atoms with E-state index in [1.807, 2.05) is 0 Å². The minimum atomic E-state index is -0.914. The second kappa shape index (κ2) is 7.95. The fourth-order valence-corrected chi connectivity index (χ4v) is 1.71. The molecule has 0 saturated carbocycles. The molecule has 0 aliphatic carbocycles. The summed E-state index contributed by atoms with van der Waals surface area (Å²) in [6.45, 7) is 1.30. The molecule has 1 heterocycles. The van der Waals surface area contributed by atoms with E-state index < -0.39 is 11.1 Å². The van der Waals surface area contributed by atoms with Gasteiger partial charge in [-0.25, -0.2) is 4.79 Å². The van der Waals surface area contributed by atoms with E-state index >= 15 is 0 Å². The quantitative estimate of drug-likeness (QED) is 0.505. The van der Waals surface area contributed by atoms with Crippen molar-refractivity contribution in [3.63, 3.8) is 0 Å². The van der Waals surface area contributed by atoms with Gasteiger partial charge in [-0.1, -0.05) is 12.1 Å². The van der Waals surface area contributed by atoms with Gasteiger partial charge in [0, 0.05) is 0 Å². The van der Waals surface area contributed by atoms with Crippen molar-refractivity contribution in [3.8, 4) is 11.5 Å². The first kappa shape index (κ1) is 18.2. The minimum absolute atomic E-state index is 0. The molecule has 9 heteroatoms. The van der Waals surface area contributed by atoms with Crippen LogP contribution in [0.4, 0.5) is 0 Å². The minimum Gasteiger partial charge on any atom is -0.507 e. The molecule has 1 N–H and O–H groups in total. The fourth-order valence-electron chi connectivity index (χ4n) is 1.71. The van der Waals surface area contributed by atoms with Crippen molar-refractivity contribution in [1.29, 1.82) is 0 Å². The molecule has 0 amide bonds. The van der Waals surface area contributed by atoms with Crippen molar-refractivity contribution >= 4 is 18.4 Å². The Kier molecular flexibility index (Phi) is 6.28. The summed E-state index contributed by atoms with van der Waals surface area (Å²) in [7, 11) is 0. The Morgan fingerprint density at radius 3 is 2.61 bits per heavy atom. The number of carbonyl (C=O) groups is 1. The SMILES string of the molecule is Cc1nc(CO[N+](=O)[O-])ccc1OC(=O)c1ccccc1O.Cl. The normalized spacial score (nSPS) is 9.61. The zero-order chi connectivity index (χ0) is 16.1. The first-order chi connectivity index (χ1) is 10.5. The second-order valence-electron chi connectivity index (χ2n) is 4.29. The molecule has 0 atom stereocenters. The first-order valence-corrected chi connectivity index (χ1v) is 6.21. The zero-order valence-electron chi connectivity index (χ0n) is 12.0. The lowest BCUT2D eigenvalue weighted by Gasteiger charge is -2.09. The van der Waals surface area contributed by atoms with Gasteiger partial charge in [-0.3, -0.25) is 4.98 Å². The Hall–Kier alpha value is -2.87. The van der Waals surface area contributed by atoms with Gasteiger partial charge in [-0.15, -0.1) is 22.5 Å². The van der Waals surface area contributed by atoms with Gasteiger partial charge >= 0.3 is 5.97 Å². The number of rotatable bonds is 5. The molecule has 0 unspecified atom stereocenters. The average molecular weight is 341 g/mol. The average Bonchev–Trinajstić information content (AvgIpc) is 2.48. The molecule has 1 aromatic carbocycles. The third-order valence-corrected chi connectivity index (χ3v) is 2.74. The van der Waals surface area contributed by atoms with Crippen LogP contribution in [0.1, 0.15) is 21.7 Å². The van der Waals surface area contributed by atoms with Gasteiger partial charge < -0.3 is 14.7 Å². The summed E-state index contributed by atoms with van der Waals surface area (Å²) in [5.41, 5.74) is 0.729. The third kappa shape index (κ3) is 4.82. The number of esters is 1. The van der Waals surface area contributed by atoms with Crippen molar-refractivity contribution in [2.75, 3.05) is 0 Å². The third-order valence-electron chi connectivity index (χ3n) is 2.74. The summed E-state index contributed by atoms with van der Waals surface area (Å²) in [5.74, 6) is -0.718. The first-order valence-electron chi connectivity index (χ1n) is 6.21. The number of carbonyl (C=O) groups excluding carboxylic acids is 1. The predicted octanol–water partition coefficient (Wildman–Crippen LogP) is 2.44. The molecule has 23 heavy (non-hydrogen) atoms. The van der Waals surface area contributed by atoms with Gasteiger partial charge in [0.05, 0.1) is 11.4 Å². The van der Waals surface area contributed by atoms with Crippen LogP contribution in [0.25, 0.3) is 0 Å². The van der Waals surface area contributed by atoms with Gasteiger partial charge in [0.2, 0.25) is 0 Å². The van der Waals surface area contributed by atoms with E-state index in [-0.39, 0.29) is 36.1 Å². The van der Waals surface area contributed by atoms with Crippen molar-refractivity contribution in [1.82, 2.24) is 4.98 Å². The molecule has 2 rings (SSSR count). The van der Waals surface area contributed by atoms with Crippen molar-refractivity contribution in [2.45, 2.75) is 13.5 Å². The maximum absolute atomic E-state index is 12.0. The number of nitrogens with zero attached hydrogens (tertiary/aromatic N) is 2. The summed E-state index contributed by atoms with van der Waals surface area (Å²) in [4.78, 5) is 30.3. The second-order valence-corrected chi connectivity index (χ2v) is 4.29. The van der Waals surface area contributed by atoms with E-state index in [0.29, 0.717) is 11.4 Å². The standard InChI is InChI=1S/C14H12N2O6.ClH/c1-9-13(7-6-10(15-9)8-21-16(19)20)22-14(18)11-4-2-3-5-12(11)17;/h2-7,17H,8H2,1H3;1H. The van der Waals surface area contributed by atoms with Crippen LogP contribution in [0.5, 0.6) is 11.5 Å². The highest BCUT2D eigenvalue weighted by molar-refractivity contribution is 5.93. The molecule has 122 valence electrons. The Balaban J connectivity index is 0.00000264. The highest BCUT2D eigenvalue weighted by atomic mass is 35.5. The predicted molar refractivity (Wildman–Crippen MR) is 81.1 cm³/mol. The molecule has 2 aromatic rings. The number of hydrogen-bond donors (Lipinski definition) is 1. The van der Waals surface area contributed by atoms with Crippen molar-refractivity contribution < 1.29 is 24.6 Å². The van der Waals surface area contributed by atoms with E-state index in [2.05, 4.69) is 9.82 Å². The van der Waals surface area contributed by atoms with E-state index in [9.17, 15) is 20.0 Å². The molecule has 0 bridgehead atoms. The van der Waals surface area contributed by atoms with E-state index in [1.54, 1.807) is 19.1 Å². The highest BCUT2D eigenvalue weighted by Crippen LogP contribution is 2.21. The largest absolute Gasteiger partial charge is 0.507 e. The monoisotopic (exact) mass is 340 g/mol. The topological polar surface area (TPSA) is 112 Å². The maximum Gasteiger partial charge on any atom is 0.347 e. The number of para-hydroxylation sites is 1. The zero-order valence-corrected chi connectivity index (χ0v) is 12.8. The molecule has 0 aliphatic rings. The molecular formula is C14H13ClN2O6. The van der Waals surface area contributed by atoms with Crippen LogP contribution in [0.3, 0.4) is 0 Å². The summed E-state index contributed by atoms with van der Waals surface area (Å²) in [5, 5.41) is 18.8.